The maximum Gasteiger partial charge on any atom is 0.161 e. The first-order valence-corrected chi connectivity index (χ1v) is 6.29. The Kier molecular flexibility index (Phi) is 4.09. The van der Waals surface area contributed by atoms with Gasteiger partial charge in [0.25, 0.3) is 0 Å². The molecule has 1 heterocycles. The molecule has 0 amide bonds. The fraction of sp³-hybridized carbons (Fsp3) is 0.571. The third-order valence-corrected chi connectivity index (χ3v) is 3.36. The van der Waals surface area contributed by atoms with Crippen molar-refractivity contribution in [2.24, 2.45) is 5.73 Å². The molecule has 0 saturated heterocycles. The normalized spacial score (nSPS) is 17.9. The zero-order chi connectivity index (χ0) is 13.0. The highest BCUT2D eigenvalue weighted by molar-refractivity contribution is 5.45. The van der Waals surface area contributed by atoms with Crippen LogP contribution in [0.5, 0.6) is 11.5 Å². The number of ether oxygens (including phenoxy) is 3. The fourth-order valence-corrected chi connectivity index (χ4v) is 2.12. The van der Waals surface area contributed by atoms with E-state index in [1.165, 1.54) is 0 Å². The van der Waals surface area contributed by atoms with Crippen molar-refractivity contribution in [3.05, 3.63) is 23.8 Å². The molecule has 0 spiro atoms. The zero-order valence-corrected chi connectivity index (χ0v) is 11.1. The van der Waals surface area contributed by atoms with E-state index in [1.807, 2.05) is 18.2 Å². The number of hydrogen-bond donors (Lipinski definition) is 1. The molecular weight excluding hydrogens is 230 g/mol. The second-order valence-corrected chi connectivity index (χ2v) is 4.91. The molecule has 1 aromatic carbocycles. The average Bonchev–Trinajstić information content (AvgIpc) is 2.63. The Labute approximate surface area is 108 Å². The van der Waals surface area contributed by atoms with Gasteiger partial charge in [0, 0.05) is 25.5 Å². The minimum atomic E-state index is -0.195. The largest absolute Gasteiger partial charge is 0.490 e. The second kappa shape index (κ2) is 5.59. The summed E-state index contributed by atoms with van der Waals surface area (Å²) in [5, 5.41) is 0. The summed E-state index contributed by atoms with van der Waals surface area (Å²) in [6.07, 6.45) is 0.913. The Hall–Kier alpha value is -1.26. The van der Waals surface area contributed by atoms with Crippen LogP contribution in [-0.2, 0) is 10.2 Å². The van der Waals surface area contributed by atoms with E-state index >= 15 is 0 Å². The third-order valence-electron chi connectivity index (χ3n) is 3.36. The van der Waals surface area contributed by atoms with Crippen LogP contribution in [0, 0.1) is 0 Å². The smallest absolute Gasteiger partial charge is 0.161 e. The van der Waals surface area contributed by atoms with Crippen molar-refractivity contribution in [1.82, 2.24) is 0 Å². The van der Waals surface area contributed by atoms with Gasteiger partial charge >= 0.3 is 0 Å². The lowest BCUT2D eigenvalue weighted by Gasteiger charge is -2.28. The molecule has 4 heteroatoms. The van der Waals surface area contributed by atoms with Crippen molar-refractivity contribution in [1.29, 1.82) is 0 Å². The van der Waals surface area contributed by atoms with E-state index < -0.39 is 0 Å². The van der Waals surface area contributed by atoms with Crippen molar-refractivity contribution in [2.45, 2.75) is 18.8 Å². The quantitative estimate of drug-likeness (QED) is 0.885. The van der Waals surface area contributed by atoms with Gasteiger partial charge in [-0.25, -0.2) is 0 Å². The molecule has 0 radical (unpaired) electrons. The Balaban J connectivity index is 2.31. The molecule has 4 nitrogen and oxygen atoms in total. The van der Waals surface area contributed by atoms with Crippen LogP contribution in [0.15, 0.2) is 18.2 Å². The summed E-state index contributed by atoms with van der Waals surface area (Å²) >= 11 is 0. The summed E-state index contributed by atoms with van der Waals surface area (Å²) in [5.74, 6) is 1.62. The highest BCUT2D eigenvalue weighted by Crippen LogP contribution is 2.34. The van der Waals surface area contributed by atoms with Gasteiger partial charge in [-0.3, -0.25) is 0 Å². The SMILES string of the molecule is COCC(C)(CN)c1ccc2c(c1)OCCCO2. The minimum absolute atomic E-state index is 0.195. The predicted octanol–water partition coefficient (Wildman–Crippen LogP) is 1.71. The Morgan fingerprint density at radius 2 is 2.00 bits per heavy atom. The molecular formula is C14H21NO3. The molecule has 2 rings (SSSR count). The van der Waals surface area contributed by atoms with Gasteiger partial charge in [-0.1, -0.05) is 13.0 Å². The molecule has 0 aliphatic carbocycles. The van der Waals surface area contributed by atoms with Crippen molar-refractivity contribution in [3.8, 4) is 11.5 Å². The number of nitrogens with two attached hydrogens (primary N) is 1. The van der Waals surface area contributed by atoms with Crippen LogP contribution >= 0.6 is 0 Å². The second-order valence-electron chi connectivity index (χ2n) is 4.91. The van der Waals surface area contributed by atoms with Crippen LogP contribution < -0.4 is 15.2 Å². The van der Waals surface area contributed by atoms with Crippen LogP contribution in [0.25, 0.3) is 0 Å². The summed E-state index contributed by atoms with van der Waals surface area (Å²) in [7, 11) is 1.69. The molecule has 1 atom stereocenters. The molecule has 0 aromatic heterocycles. The van der Waals surface area contributed by atoms with Gasteiger partial charge in [0.1, 0.15) is 0 Å². The molecule has 1 unspecified atom stereocenters. The first kappa shape index (κ1) is 13.2. The Bertz CT molecular complexity index is 408. The number of benzene rings is 1. The van der Waals surface area contributed by atoms with Gasteiger partial charge in [0.15, 0.2) is 11.5 Å². The van der Waals surface area contributed by atoms with E-state index in [0.29, 0.717) is 26.4 Å². The maximum atomic E-state index is 5.88. The van der Waals surface area contributed by atoms with Gasteiger partial charge < -0.3 is 19.9 Å². The number of methoxy groups -OCH3 is 1. The highest BCUT2D eigenvalue weighted by atomic mass is 16.5. The topological polar surface area (TPSA) is 53.7 Å². The summed E-state index contributed by atoms with van der Waals surface area (Å²) in [4.78, 5) is 0. The lowest BCUT2D eigenvalue weighted by Crippen LogP contribution is -2.36. The van der Waals surface area contributed by atoms with Crippen molar-refractivity contribution in [2.75, 3.05) is 33.5 Å². The van der Waals surface area contributed by atoms with Crippen LogP contribution in [0.1, 0.15) is 18.9 Å². The van der Waals surface area contributed by atoms with Crippen molar-refractivity contribution in [3.63, 3.8) is 0 Å². The minimum Gasteiger partial charge on any atom is -0.490 e. The van der Waals surface area contributed by atoms with Crippen LogP contribution in [0.3, 0.4) is 0 Å². The van der Waals surface area contributed by atoms with E-state index in [1.54, 1.807) is 7.11 Å². The molecule has 0 fully saturated rings. The van der Waals surface area contributed by atoms with Gasteiger partial charge in [-0.05, 0) is 17.7 Å². The molecule has 0 bridgehead atoms. The molecule has 1 aromatic rings. The Morgan fingerprint density at radius 1 is 1.28 bits per heavy atom. The highest BCUT2D eigenvalue weighted by Gasteiger charge is 2.26. The average molecular weight is 251 g/mol. The van der Waals surface area contributed by atoms with Gasteiger partial charge in [-0.2, -0.15) is 0 Å². The van der Waals surface area contributed by atoms with Crippen molar-refractivity contribution >= 4 is 0 Å². The van der Waals surface area contributed by atoms with Gasteiger partial charge in [-0.15, -0.1) is 0 Å². The molecule has 18 heavy (non-hydrogen) atoms. The number of hydrogen-bond acceptors (Lipinski definition) is 4. The lowest BCUT2D eigenvalue weighted by molar-refractivity contribution is 0.141. The number of fused-ring (bicyclic) bond motifs is 1. The summed E-state index contributed by atoms with van der Waals surface area (Å²) in [5.41, 5.74) is 6.81. The molecule has 100 valence electrons. The monoisotopic (exact) mass is 251 g/mol. The van der Waals surface area contributed by atoms with E-state index in [4.69, 9.17) is 19.9 Å². The third kappa shape index (κ3) is 2.60. The molecule has 1 aliphatic rings. The van der Waals surface area contributed by atoms with Crippen molar-refractivity contribution < 1.29 is 14.2 Å². The number of rotatable bonds is 4. The fourth-order valence-electron chi connectivity index (χ4n) is 2.12. The van der Waals surface area contributed by atoms with Crippen LogP contribution in [0.2, 0.25) is 0 Å². The van der Waals surface area contributed by atoms with Gasteiger partial charge in [0.2, 0.25) is 0 Å². The van der Waals surface area contributed by atoms with E-state index in [9.17, 15) is 0 Å². The molecule has 2 N–H and O–H groups in total. The maximum absolute atomic E-state index is 5.88. The molecule has 0 saturated carbocycles. The van der Waals surface area contributed by atoms with Gasteiger partial charge in [0.05, 0.1) is 19.8 Å². The van der Waals surface area contributed by atoms with Crippen LogP contribution in [-0.4, -0.2) is 33.5 Å². The first-order valence-electron chi connectivity index (χ1n) is 6.29. The van der Waals surface area contributed by atoms with E-state index in [-0.39, 0.29) is 5.41 Å². The van der Waals surface area contributed by atoms with Crippen LogP contribution in [0.4, 0.5) is 0 Å². The molecule has 1 aliphatic heterocycles. The summed E-state index contributed by atoms with van der Waals surface area (Å²) in [6, 6.07) is 6.02. The predicted molar refractivity (Wildman–Crippen MR) is 70.3 cm³/mol. The first-order chi connectivity index (χ1) is 8.69. The zero-order valence-electron chi connectivity index (χ0n) is 11.1. The lowest BCUT2D eigenvalue weighted by atomic mass is 9.83. The standard InChI is InChI=1S/C14H21NO3/c1-14(9-15,10-16-2)11-4-5-12-13(8-11)18-7-3-6-17-12/h4-5,8H,3,6-7,9-10,15H2,1-2H3. The summed E-state index contributed by atoms with van der Waals surface area (Å²) < 4.78 is 16.6. The summed E-state index contributed by atoms with van der Waals surface area (Å²) in [6.45, 7) is 4.61. The Morgan fingerprint density at radius 3 is 2.67 bits per heavy atom. The van der Waals surface area contributed by atoms with E-state index in [2.05, 4.69) is 6.92 Å². The van der Waals surface area contributed by atoms with E-state index in [0.717, 1.165) is 23.5 Å².